The summed E-state index contributed by atoms with van der Waals surface area (Å²) in [5.74, 6) is 0.760. The van der Waals surface area contributed by atoms with Crippen LogP contribution in [-0.2, 0) is 11.2 Å². The number of ether oxygens (including phenoxy) is 3. The number of nitrogens with zero attached hydrogens (tertiary/aromatic N) is 1. The van der Waals surface area contributed by atoms with Crippen LogP contribution in [0.3, 0.4) is 0 Å². The van der Waals surface area contributed by atoms with Crippen LogP contribution in [0.4, 0.5) is 5.13 Å². The molecule has 3 aromatic rings. The summed E-state index contributed by atoms with van der Waals surface area (Å²) in [6.45, 7) is 1.83. The lowest BCUT2D eigenvalue weighted by Crippen LogP contribution is -2.21. The van der Waals surface area contributed by atoms with Gasteiger partial charge in [-0.1, -0.05) is 18.2 Å². The third kappa shape index (κ3) is 4.36. The maximum atomic E-state index is 12.7. The zero-order chi connectivity index (χ0) is 21.1. The molecule has 0 radical (unpaired) electrons. The minimum Gasteiger partial charge on any atom is -0.483 e. The van der Waals surface area contributed by atoms with Crippen LogP contribution in [0, 0.1) is 6.92 Å². The van der Waals surface area contributed by atoms with Gasteiger partial charge in [-0.3, -0.25) is 14.9 Å². The Hall–Kier alpha value is -3.59. The molecular weight excluding hydrogens is 406 g/mol. The second kappa shape index (κ2) is 8.42. The molecule has 4 rings (SSSR count). The number of rotatable bonds is 7. The van der Waals surface area contributed by atoms with Crippen molar-refractivity contribution in [2.75, 3.05) is 18.7 Å². The van der Waals surface area contributed by atoms with Crippen LogP contribution in [0.15, 0.2) is 42.5 Å². The molecule has 0 bridgehead atoms. The number of nitrogens with one attached hydrogen (secondary N) is 1. The van der Waals surface area contributed by atoms with Crippen LogP contribution < -0.4 is 25.3 Å². The Morgan fingerprint density at radius 2 is 2.00 bits per heavy atom. The highest BCUT2D eigenvalue weighted by molar-refractivity contribution is 7.15. The molecule has 0 unspecified atom stereocenters. The number of anilines is 1. The first kappa shape index (κ1) is 19.7. The van der Waals surface area contributed by atoms with Gasteiger partial charge in [-0.15, -0.1) is 11.3 Å². The van der Waals surface area contributed by atoms with Crippen LogP contribution in [-0.4, -0.2) is 30.2 Å². The van der Waals surface area contributed by atoms with Gasteiger partial charge in [0.1, 0.15) is 5.75 Å². The van der Waals surface area contributed by atoms with Gasteiger partial charge in [-0.2, -0.15) is 0 Å². The summed E-state index contributed by atoms with van der Waals surface area (Å²) in [4.78, 5) is 29.2. The molecule has 0 spiro atoms. The van der Waals surface area contributed by atoms with Crippen LogP contribution in [0.1, 0.15) is 26.5 Å². The van der Waals surface area contributed by atoms with E-state index in [2.05, 4.69) is 10.3 Å². The fraction of sp³-hybridized carbons (Fsp3) is 0.190. The lowest BCUT2D eigenvalue weighted by atomic mass is 10.1. The van der Waals surface area contributed by atoms with E-state index >= 15 is 0 Å². The van der Waals surface area contributed by atoms with Crippen LogP contribution in [0.2, 0.25) is 0 Å². The number of hydrogen-bond acceptors (Lipinski definition) is 7. The summed E-state index contributed by atoms with van der Waals surface area (Å²) in [5.41, 5.74) is 7.31. The predicted octanol–water partition coefficient (Wildman–Crippen LogP) is 2.89. The Bertz CT molecular complexity index is 1110. The first-order chi connectivity index (χ1) is 14.5. The van der Waals surface area contributed by atoms with Crippen LogP contribution >= 0.6 is 11.3 Å². The number of primary amides is 1. The van der Waals surface area contributed by atoms with Crippen molar-refractivity contribution < 1.29 is 23.8 Å². The number of para-hydroxylation sites is 1. The molecule has 0 saturated carbocycles. The van der Waals surface area contributed by atoms with Gasteiger partial charge in [0.15, 0.2) is 23.2 Å². The average Bonchev–Trinajstić information content (AvgIpc) is 3.32. The van der Waals surface area contributed by atoms with E-state index in [1.807, 2.05) is 25.1 Å². The van der Waals surface area contributed by atoms with Crippen molar-refractivity contribution in [2.24, 2.45) is 5.73 Å². The highest BCUT2D eigenvalue weighted by Gasteiger charge is 2.18. The molecule has 0 saturated heterocycles. The van der Waals surface area contributed by atoms with Crippen LogP contribution in [0.5, 0.6) is 17.2 Å². The second-order valence-corrected chi connectivity index (χ2v) is 7.68. The molecule has 1 aliphatic rings. The molecule has 30 heavy (non-hydrogen) atoms. The van der Waals surface area contributed by atoms with Crippen molar-refractivity contribution in [1.82, 2.24) is 4.98 Å². The molecule has 0 fully saturated rings. The molecule has 1 aromatic heterocycles. The van der Waals surface area contributed by atoms with Gasteiger partial charge in [-0.05, 0) is 36.8 Å². The molecule has 154 valence electrons. The fourth-order valence-electron chi connectivity index (χ4n) is 2.98. The predicted molar refractivity (Wildman–Crippen MR) is 111 cm³/mol. The quantitative estimate of drug-likeness (QED) is 0.602. The van der Waals surface area contributed by atoms with Crippen molar-refractivity contribution in [3.05, 3.63) is 64.2 Å². The topological polar surface area (TPSA) is 113 Å². The minimum atomic E-state index is -0.617. The lowest BCUT2D eigenvalue weighted by molar-refractivity contribution is -0.119. The van der Waals surface area contributed by atoms with E-state index in [0.29, 0.717) is 17.1 Å². The van der Waals surface area contributed by atoms with E-state index in [-0.39, 0.29) is 25.1 Å². The molecule has 0 aliphatic carbocycles. The summed E-state index contributed by atoms with van der Waals surface area (Å²) in [7, 11) is 0. The molecule has 9 heteroatoms. The zero-order valence-electron chi connectivity index (χ0n) is 16.1. The molecule has 2 heterocycles. The Morgan fingerprint density at radius 3 is 2.83 bits per heavy atom. The van der Waals surface area contributed by atoms with Gasteiger partial charge in [0.2, 0.25) is 6.79 Å². The van der Waals surface area contributed by atoms with Crippen molar-refractivity contribution in [3.8, 4) is 17.2 Å². The highest BCUT2D eigenvalue weighted by Crippen LogP contribution is 2.34. The van der Waals surface area contributed by atoms with E-state index in [4.69, 9.17) is 19.9 Å². The van der Waals surface area contributed by atoms with E-state index in [1.165, 1.54) is 11.3 Å². The molecule has 1 aliphatic heterocycles. The van der Waals surface area contributed by atoms with E-state index in [1.54, 1.807) is 24.3 Å². The number of fused-ring (bicyclic) bond motifs is 1. The molecule has 2 amide bonds. The normalized spacial score (nSPS) is 11.9. The summed E-state index contributed by atoms with van der Waals surface area (Å²) in [5, 5.41) is 3.29. The lowest BCUT2D eigenvalue weighted by Gasteiger charge is -2.09. The number of carbonyl (C=O) groups is 2. The number of hydrogen-bond donors (Lipinski definition) is 2. The maximum Gasteiger partial charge on any atom is 0.261 e. The van der Waals surface area contributed by atoms with Gasteiger partial charge >= 0.3 is 0 Å². The number of benzene rings is 2. The number of carbonyl (C=O) groups excluding carboxylic acids is 2. The van der Waals surface area contributed by atoms with Crippen molar-refractivity contribution in [3.63, 3.8) is 0 Å². The molecule has 3 N–H and O–H groups in total. The second-order valence-electron chi connectivity index (χ2n) is 6.60. The molecule has 2 aromatic carbocycles. The van der Waals surface area contributed by atoms with Crippen molar-refractivity contribution in [1.29, 1.82) is 0 Å². The minimum absolute atomic E-state index is 0.235. The smallest absolute Gasteiger partial charge is 0.261 e. The van der Waals surface area contributed by atoms with Crippen molar-refractivity contribution >= 4 is 28.3 Å². The number of amides is 2. The van der Waals surface area contributed by atoms with Gasteiger partial charge in [0, 0.05) is 11.3 Å². The molecule has 8 nitrogen and oxygen atoms in total. The third-order valence-corrected chi connectivity index (χ3v) is 5.49. The molecular formula is C21H19N3O5S. The maximum absolute atomic E-state index is 12.7. The SMILES string of the molecule is Cc1nc(NC(=O)c2ccccc2OCC(N)=O)sc1Cc1ccc2c(c1)OCO2. The van der Waals surface area contributed by atoms with Gasteiger partial charge in [0.25, 0.3) is 11.8 Å². The van der Waals surface area contributed by atoms with Gasteiger partial charge in [0.05, 0.1) is 11.3 Å². The number of thiazole rings is 1. The number of aromatic nitrogens is 1. The van der Waals surface area contributed by atoms with Crippen LogP contribution in [0.25, 0.3) is 0 Å². The van der Waals surface area contributed by atoms with Gasteiger partial charge in [-0.25, -0.2) is 4.98 Å². The van der Waals surface area contributed by atoms with Crippen molar-refractivity contribution in [2.45, 2.75) is 13.3 Å². The monoisotopic (exact) mass is 425 g/mol. The largest absolute Gasteiger partial charge is 0.483 e. The summed E-state index contributed by atoms with van der Waals surface area (Å²) in [6, 6.07) is 12.5. The van der Waals surface area contributed by atoms with E-state index < -0.39 is 5.91 Å². The van der Waals surface area contributed by atoms with Gasteiger partial charge < -0.3 is 19.9 Å². The Morgan fingerprint density at radius 1 is 1.20 bits per heavy atom. The first-order valence-electron chi connectivity index (χ1n) is 9.16. The summed E-state index contributed by atoms with van der Waals surface area (Å²) in [6.07, 6.45) is 0.661. The molecule has 0 atom stereocenters. The highest BCUT2D eigenvalue weighted by atomic mass is 32.1. The average molecular weight is 425 g/mol. The summed E-state index contributed by atoms with van der Waals surface area (Å²) < 4.78 is 16.1. The van der Waals surface area contributed by atoms with E-state index in [0.717, 1.165) is 27.6 Å². The number of nitrogens with two attached hydrogens (primary N) is 1. The Labute approximate surface area is 176 Å². The number of aryl methyl sites for hydroxylation is 1. The summed E-state index contributed by atoms with van der Waals surface area (Å²) >= 11 is 1.40. The van der Waals surface area contributed by atoms with E-state index in [9.17, 15) is 9.59 Å². The fourth-order valence-corrected chi connectivity index (χ4v) is 3.97. The third-order valence-electron chi connectivity index (χ3n) is 4.42. The zero-order valence-corrected chi connectivity index (χ0v) is 17.0. The first-order valence-corrected chi connectivity index (χ1v) is 9.97. The standard InChI is InChI=1S/C21H19N3O5S/c1-12-18(9-13-6-7-16-17(8-13)29-11-28-16)30-21(23-12)24-20(26)14-4-2-3-5-15(14)27-10-19(22)25/h2-8H,9-11H2,1H3,(H2,22,25)(H,23,24,26). The Kier molecular flexibility index (Phi) is 5.53. The Balaban J connectivity index is 1.47.